The third-order valence-electron chi connectivity index (χ3n) is 2.53. The fraction of sp³-hybridized carbons (Fsp3) is 0.364. The zero-order valence-corrected chi connectivity index (χ0v) is 10.1. The van der Waals surface area contributed by atoms with E-state index in [1.165, 1.54) is 0 Å². The van der Waals surface area contributed by atoms with Gasteiger partial charge in [0.1, 0.15) is 5.54 Å². The van der Waals surface area contributed by atoms with Crippen molar-refractivity contribution in [3.8, 4) is 5.75 Å². The quantitative estimate of drug-likeness (QED) is 0.495. The van der Waals surface area contributed by atoms with Gasteiger partial charge in [-0.15, -0.1) is 0 Å². The van der Waals surface area contributed by atoms with Gasteiger partial charge in [0.15, 0.2) is 5.75 Å². The minimum absolute atomic E-state index is 0.401. The fourth-order valence-corrected chi connectivity index (χ4v) is 1.18. The second kappa shape index (κ2) is 5.61. The summed E-state index contributed by atoms with van der Waals surface area (Å²) < 4.78 is 69.2. The van der Waals surface area contributed by atoms with E-state index in [4.69, 9.17) is 10.8 Å². The molecule has 0 aliphatic carbocycles. The number of carbonyl (C=O) groups is 1. The SMILES string of the molecule is CC(N)(CCOc1c(F)c(F)c(F)c(F)c1F)C(=O)O. The molecule has 0 bridgehead atoms. The maximum absolute atomic E-state index is 13.2. The fourth-order valence-electron chi connectivity index (χ4n) is 1.18. The van der Waals surface area contributed by atoms with Crippen molar-refractivity contribution in [3.05, 3.63) is 29.1 Å². The summed E-state index contributed by atoms with van der Waals surface area (Å²) in [7, 11) is 0. The molecule has 3 N–H and O–H groups in total. The molecule has 1 aromatic rings. The zero-order valence-electron chi connectivity index (χ0n) is 10.1. The van der Waals surface area contributed by atoms with Gasteiger partial charge >= 0.3 is 5.97 Å². The molecular formula is C11H10F5NO3. The smallest absolute Gasteiger partial charge is 0.323 e. The molecule has 9 heteroatoms. The molecule has 0 radical (unpaired) electrons. The predicted octanol–water partition coefficient (Wildman–Crippen LogP) is 1.95. The van der Waals surface area contributed by atoms with Gasteiger partial charge in [0.2, 0.25) is 29.1 Å². The Morgan fingerprint density at radius 3 is 1.90 bits per heavy atom. The van der Waals surface area contributed by atoms with Gasteiger partial charge in [0.05, 0.1) is 6.61 Å². The highest BCUT2D eigenvalue weighted by Gasteiger charge is 2.30. The number of nitrogens with two attached hydrogens (primary N) is 1. The Morgan fingerprint density at radius 2 is 1.50 bits per heavy atom. The Balaban J connectivity index is 2.93. The summed E-state index contributed by atoms with van der Waals surface area (Å²) in [6.45, 7) is 0.467. The lowest BCUT2D eigenvalue weighted by Gasteiger charge is -2.19. The van der Waals surface area contributed by atoms with E-state index in [-0.39, 0.29) is 0 Å². The second-order valence-electron chi connectivity index (χ2n) is 4.22. The molecule has 0 amide bonds. The number of hydrogen-bond acceptors (Lipinski definition) is 3. The van der Waals surface area contributed by atoms with Gasteiger partial charge in [-0.3, -0.25) is 4.79 Å². The van der Waals surface area contributed by atoms with Crippen LogP contribution < -0.4 is 10.5 Å². The number of benzene rings is 1. The van der Waals surface area contributed by atoms with Crippen molar-refractivity contribution in [1.82, 2.24) is 0 Å². The van der Waals surface area contributed by atoms with Gasteiger partial charge in [-0.05, 0) is 6.92 Å². The minimum atomic E-state index is -2.30. The average Bonchev–Trinajstić information content (AvgIpc) is 2.38. The van der Waals surface area contributed by atoms with Crippen LogP contribution in [-0.4, -0.2) is 23.2 Å². The van der Waals surface area contributed by atoms with Crippen LogP contribution in [0.5, 0.6) is 5.75 Å². The van der Waals surface area contributed by atoms with Crippen molar-refractivity contribution in [2.75, 3.05) is 6.61 Å². The summed E-state index contributed by atoms with van der Waals surface area (Å²) in [6, 6.07) is 0. The topological polar surface area (TPSA) is 72.5 Å². The molecule has 0 spiro atoms. The molecule has 1 unspecified atom stereocenters. The van der Waals surface area contributed by atoms with Crippen LogP contribution in [0.1, 0.15) is 13.3 Å². The molecule has 0 fully saturated rings. The lowest BCUT2D eigenvalue weighted by Crippen LogP contribution is -2.46. The number of rotatable bonds is 5. The highest BCUT2D eigenvalue weighted by Crippen LogP contribution is 2.29. The molecule has 0 heterocycles. The molecule has 1 atom stereocenters. The number of carboxylic acids is 1. The maximum Gasteiger partial charge on any atom is 0.323 e. The Kier molecular flexibility index (Phi) is 4.53. The van der Waals surface area contributed by atoms with Gasteiger partial charge in [0.25, 0.3) is 0 Å². The Bertz CT molecular complexity index is 518. The van der Waals surface area contributed by atoms with Gasteiger partial charge < -0.3 is 15.6 Å². The van der Waals surface area contributed by atoms with Crippen LogP contribution in [0, 0.1) is 29.1 Å². The van der Waals surface area contributed by atoms with Gasteiger partial charge in [-0.2, -0.15) is 8.78 Å². The highest BCUT2D eigenvalue weighted by atomic mass is 19.2. The molecule has 4 nitrogen and oxygen atoms in total. The summed E-state index contributed by atoms with van der Waals surface area (Å²) in [5, 5.41) is 8.67. The molecule has 112 valence electrons. The van der Waals surface area contributed by atoms with Crippen LogP contribution >= 0.6 is 0 Å². The van der Waals surface area contributed by atoms with Gasteiger partial charge in [-0.1, -0.05) is 0 Å². The summed E-state index contributed by atoms with van der Waals surface area (Å²) in [4.78, 5) is 10.7. The van der Waals surface area contributed by atoms with E-state index in [2.05, 4.69) is 4.74 Å². The van der Waals surface area contributed by atoms with Crippen LogP contribution in [0.2, 0.25) is 0 Å². The van der Waals surface area contributed by atoms with E-state index in [9.17, 15) is 26.7 Å². The third-order valence-corrected chi connectivity index (χ3v) is 2.53. The lowest BCUT2D eigenvalue weighted by molar-refractivity contribution is -0.143. The van der Waals surface area contributed by atoms with Crippen LogP contribution in [0.15, 0.2) is 0 Å². The molecule has 1 aromatic carbocycles. The van der Waals surface area contributed by atoms with E-state index in [1.54, 1.807) is 0 Å². The Labute approximate surface area is 109 Å². The molecule has 20 heavy (non-hydrogen) atoms. The number of ether oxygens (including phenoxy) is 1. The largest absolute Gasteiger partial charge is 0.487 e. The second-order valence-corrected chi connectivity index (χ2v) is 4.22. The maximum atomic E-state index is 13.2. The molecule has 0 saturated carbocycles. The molecule has 0 aliphatic heterocycles. The molecule has 0 aromatic heterocycles. The normalized spacial score (nSPS) is 13.9. The Morgan fingerprint density at radius 1 is 1.10 bits per heavy atom. The summed E-state index contributed by atoms with van der Waals surface area (Å²) >= 11 is 0. The molecule has 0 aliphatic rings. The van der Waals surface area contributed by atoms with Crippen LogP contribution in [0.3, 0.4) is 0 Å². The van der Waals surface area contributed by atoms with Crippen molar-refractivity contribution < 1.29 is 36.6 Å². The van der Waals surface area contributed by atoms with E-state index < -0.39 is 59.4 Å². The van der Waals surface area contributed by atoms with Gasteiger partial charge in [-0.25, -0.2) is 13.2 Å². The van der Waals surface area contributed by atoms with E-state index in [1.807, 2.05) is 0 Å². The van der Waals surface area contributed by atoms with E-state index in [0.29, 0.717) is 0 Å². The highest BCUT2D eigenvalue weighted by molar-refractivity contribution is 5.77. The lowest BCUT2D eigenvalue weighted by atomic mass is 10.0. The average molecular weight is 299 g/mol. The van der Waals surface area contributed by atoms with E-state index >= 15 is 0 Å². The number of carboxylic acid groups (broad SMARTS) is 1. The summed E-state index contributed by atoms with van der Waals surface area (Å²) in [5.74, 6) is -13.7. The number of halogens is 5. The van der Waals surface area contributed by atoms with E-state index in [0.717, 1.165) is 6.92 Å². The van der Waals surface area contributed by atoms with Crippen molar-refractivity contribution in [3.63, 3.8) is 0 Å². The van der Waals surface area contributed by atoms with Crippen LogP contribution in [0.25, 0.3) is 0 Å². The number of aliphatic carboxylic acids is 1. The first-order valence-corrected chi connectivity index (χ1v) is 5.26. The first-order valence-electron chi connectivity index (χ1n) is 5.26. The predicted molar refractivity (Wildman–Crippen MR) is 56.6 cm³/mol. The van der Waals surface area contributed by atoms with Crippen molar-refractivity contribution in [1.29, 1.82) is 0 Å². The standard InChI is InChI=1S/C11H10F5NO3/c1-11(17,10(18)19)2-3-20-9-7(15)5(13)4(12)6(14)8(9)16/h2-3,17H2,1H3,(H,18,19). The summed E-state index contributed by atoms with van der Waals surface area (Å²) in [6.07, 6.45) is -0.401. The molecule has 1 rings (SSSR count). The number of hydrogen-bond donors (Lipinski definition) is 2. The van der Waals surface area contributed by atoms with Crippen molar-refractivity contribution in [2.24, 2.45) is 5.73 Å². The first-order chi connectivity index (χ1) is 9.09. The minimum Gasteiger partial charge on any atom is -0.487 e. The zero-order chi connectivity index (χ0) is 15.7. The van der Waals surface area contributed by atoms with Crippen LogP contribution in [-0.2, 0) is 4.79 Å². The first kappa shape index (κ1) is 16.2. The Hall–Kier alpha value is -1.90. The summed E-state index contributed by atoms with van der Waals surface area (Å²) in [5.41, 5.74) is 3.55. The molecular weight excluding hydrogens is 289 g/mol. The van der Waals surface area contributed by atoms with Gasteiger partial charge in [0, 0.05) is 6.42 Å². The monoisotopic (exact) mass is 299 g/mol. The van der Waals surface area contributed by atoms with Crippen molar-refractivity contribution >= 4 is 5.97 Å². The van der Waals surface area contributed by atoms with Crippen molar-refractivity contribution in [2.45, 2.75) is 18.9 Å². The van der Waals surface area contributed by atoms with Crippen LogP contribution in [0.4, 0.5) is 22.0 Å². The third kappa shape index (κ3) is 2.98. The molecule has 0 saturated heterocycles.